The van der Waals surface area contributed by atoms with E-state index in [0.29, 0.717) is 5.56 Å². The molecule has 0 radical (unpaired) electrons. The molecule has 2 rings (SSSR count). The molecule has 1 heterocycles. The molecule has 112 valence electrons. The maximum absolute atomic E-state index is 11.3. The highest BCUT2D eigenvalue weighted by Crippen LogP contribution is 2.17. The second kappa shape index (κ2) is 5.97. The molecule has 2 aromatic rings. The topological polar surface area (TPSA) is 131 Å². The average Bonchev–Trinajstić information content (AvgIpc) is 2.83. The molecule has 3 N–H and O–H groups in total. The minimum atomic E-state index is -1.32. The molecular formula is C14H12N4O4. The molecule has 8 heteroatoms. The SMILES string of the molecule is COC(=O)c1ccc(Cn2nc(C(=O)O)c(C#N)c2N)cc1. The predicted octanol–water partition coefficient (Wildman–Crippen LogP) is 0.870. The quantitative estimate of drug-likeness (QED) is 0.801. The van der Waals surface area contributed by atoms with Gasteiger partial charge in [-0.3, -0.25) is 0 Å². The van der Waals surface area contributed by atoms with Crippen LogP contribution in [0.25, 0.3) is 0 Å². The van der Waals surface area contributed by atoms with E-state index in [1.807, 2.05) is 0 Å². The summed E-state index contributed by atoms with van der Waals surface area (Å²) >= 11 is 0. The minimum Gasteiger partial charge on any atom is -0.476 e. The highest BCUT2D eigenvalue weighted by Gasteiger charge is 2.20. The molecule has 0 atom stereocenters. The van der Waals surface area contributed by atoms with Crippen molar-refractivity contribution < 1.29 is 19.4 Å². The number of nitrogens with zero attached hydrogens (tertiary/aromatic N) is 3. The summed E-state index contributed by atoms with van der Waals surface area (Å²) in [7, 11) is 1.29. The molecule has 8 nitrogen and oxygen atoms in total. The zero-order chi connectivity index (χ0) is 16.3. The summed E-state index contributed by atoms with van der Waals surface area (Å²) < 4.78 is 5.83. The molecule has 0 spiro atoms. The lowest BCUT2D eigenvalue weighted by Crippen LogP contribution is -2.08. The van der Waals surface area contributed by atoms with Gasteiger partial charge in [-0.2, -0.15) is 10.4 Å². The van der Waals surface area contributed by atoms with Gasteiger partial charge in [0, 0.05) is 0 Å². The predicted molar refractivity (Wildman–Crippen MR) is 75.2 cm³/mol. The van der Waals surface area contributed by atoms with Gasteiger partial charge in [0.2, 0.25) is 0 Å². The molecular weight excluding hydrogens is 288 g/mol. The van der Waals surface area contributed by atoms with Crippen LogP contribution in [-0.2, 0) is 11.3 Å². The van der Waals surface area contributed by atoms with Crippen LogP contribution in [0.1, 0.15) is 32.0 Å². The van der Waals surface area contributed by atoms with Gasteiger partial charge < -0.3 is 15.6 Å². The number of carbonyl (C=O) groups excluding carboxylic acids is 1. The number of nitrogens with two attached hydrogens (primary N) is 1. The van der Waals surface area contributed by atoms with Gasteiger partial charge in [0.15, 0.2) is 5.69 Å². The molecule has 1 aromatic carbocycles. The fraction of sp³-hybridized carbons (Fsp3) is 0.143. The molecule has 0 saturated carbocycles. The second-order valence-corrected chi connectivity index (χ2v) is 4.37. The third kappa shape index (κ3) is 2.73. The fourth-order valence-electron chi connectivity index (χ4n) is 1.89. The Balaban J connectivity index is 2.30. The van der Waals surface area contributed by atoms with E-state index in [4.69, 9.17) is 16.1 Å². The van der Waals surface area contributed by atoms with Crippen molar-refractivity contribution in [3.63, 3.8) is 0 Å². The Morgan fingerprint density at radius 3 is 2.50 bits per heavy atom. The van der Waals surface area contributed by atoms with Crippen LogP contribution in [0.15, 0.2) is 24.3 Å². The number of rotatable bonds is 4. The first-order chi connectivity index (χ1) is 10.5. The lowest BCUT2D eigenvalue weighted by Gasteiger charge is -2.05. The summed E-state index contributed by atoms with van der Waals surface area (Å²) in [6.07, 6.45) is 0. The zero-order valence-electron chi connectivity index (χ0n) is 11.6. The molecule has 0 amide bonds. The molecule has 0 aliphatic heterocycles. The second-order valence-electron chi connectivity index (χ2n) is 4.37. The van der Waals surface area contributed by atoms with Crippen LogP contribution in [0, 0.1) is 11.3 Å². The number of carboxylic acids is 1. The number of methoxy groups -OCH3 is 1. The van der Waals surface area contributed by atoms with Crippen molar-refractivity contribution in [1.82, 2.24) is 9.78 Å². The van der Waals surface area contributed by atoms with Gasteiger partial charge in [-0.1, -0.05) is 12.1 Å². The number of nitrogen functional groups attached to an aromatic ring is 1. The summed E-state index contributed by atoms with van der Waals surface area (Å²) in [6, 6.07) is 8.21. The van der Waals surface area contributed by atoms with E-state index in [2.05, 4.69) is 9.84 Å². The number of benzene rings is 1. The lowest BCUT2D eigenvalue weighted by atomic mass is 10.1. The smallest absolute Gasteiger partial charge is 0.357 e. The number of anilines is 1. The Hall–Kier alpha value is -3.34. The molecule has 0 bridgehead atoms. The van der Waals surface area contributed by atoms with Crippen LogP contribution in [0.5, 0.6) is 0 Å². The largest absolute Gasteiger partial charge is 0.476 e. The number of aromatic nitrogens is 2. The van der Waals surface area contributed by atoms with Crippen LogP contribution in [0.4, 0.5) is 5.82 Å². The third-order valence-corrected chi connectivity index (χ3v) is 3.01. The number of esters is 1. The first-order valence-corrected chi connectivity index (χ1v) is 6.14. The van der Waals surface area contributed by atoms with Gasteiger partial charge in [0.1, 0.15) is 17.5 Å². The monoisotopic (exact) mass is 300 g/mol. The van der Waals surface area contributed by atoms with E-state index in [1.165, 1.54) is 11.8 Å². The van der Waals surface area contributed by atoms with Crippen LogP contribution in [0.2, 0.25) is 0 Å². The number of aromatic carboxylic acids is 1. The number of hydrogen-bond acceptors (Lipinski definition) is 6. The Bertz CT molecular complexity index is 771. The number of nitriles is 1. The standard InChI is InChI=1S/C14H12N4O4/c1-22-14(21)9-4-2-8(3-5-9)7-18-12(16)10(6-15)11(17-18)13(19)20/h2-5H,7,16H2,1H3,(H,19,20). The van der Waals surface area contributed by atoms with Gasteiger partial charge >= 0.3 is 11.9 Å². The van der Waals surface area contributed by atoms with Gasteiger partial charge in [-0.15, -0.1) is 0 Å². The third-order valence-electron chi connectivity index (χ3n) is 3.01. The van der Waals surface area contributed by atoms with E-state index in [9.17, 15) is 9.59 Å². The Morgan fingerprint density at radius 1 is 1.41 bits per heavy atom. The summed E-state index contributed by atoms with van der Waals surface area (Å²) in [5, 5.41) is 21.8. The summed E-state index contributed by atoms with van der Waals surface area (Å²) in [4.78, 5) is 22.4. The molecule has 0 saturated heterocycles. The Labute approximate surface area is 125 Å². The normalized spacial score (nSPS) is 10.0. The van der Waals surface area contributed by atoms with Crippen LogP contribution in [-0.4, -0.2) is 33.9 Å². The van der Waals surface area contributed by atoms with Gasteiger partial charge in [-0.05, 0) is 17.7 Å². The van der Waals surface area contributed by atoms with Crippen LogP contribution < -0.4 is 5.73 Å². The van der Waals surface area contributed by atoms with Crippen LogP contribution >= 0.6 is 0 Å². The average molecular weight is 300 g/mol. The van der Waals surface area contributed by atoms with Crippen LogP contribution in [0.3, 0.4) is 0 Å². The molecule has 0 aliphatic rings. The fourth-order valence-corrected chi connectivity index (χ4v) is 1.89. The lowest BCUT2D eigenvalue weighted by molar-refractivity contribution is 0.0599. The maximum Gasteiger partial charge on any atom is 0.357 e. The van der Waals surface area contributed by atoms with E-state index in [1.54, 1.807) is 30.3 Å². The van der Waals surface area contributed by atoms with E-state index < -0.39 is 11.9 Å². The van der Waals surface area contributed by atoms with Crippen molar-refractivity contribution in [2.45, 2.75) is 6.54 Å². The molecule has 22 heavy (non-hydrogen) atoms. The molecule has 1 aromatic heterocycles. The van der Waals surface area contributed by atoms with Crippen molar-refractivity contribution in [2.24, 2.45) is 0 Å². The first-order valence-electron chi connectivity index (χ1n) is 6.14. The van der Waals surface area contributed by atoms with Gasteiger partial charge in [-0.25, -0.2) is 14.3 Å². The molecule has 0 aliphatic carbocycles. The number of hydrogen-bond donors (Lipinski definition) is 2. The highest BCUT2D eigenvalue weighted by atomic mass is 16.5. The van der Waals surface area contributed by atoms with Crippen molar-refractivity contribution in [1.29, 1.82) is 5.26 Å². The minimum absolute atomic E-state index is 0.0167. The molecule has 0 fully saturated rings. The van der Waals surface area contributed by atoms with Crippen molar-refractivity contribution >= 4 is 17.8 Å². The maximum atomic E-state index is 11.3. The van der Waals surface area contributed by atoms with E-state index in [-0.39, 0.29) is 23.6 Å². The molecule has 0 unspecified atom stereocenters. The Kier molecular flexibility index (Phi) is 4.08. The van der Waals surface area contributed by atoms with Gasteiger partial charge in [0.25, 0.3) is 0 Å². The Morgan fingerprint density at radius 2 is 2.05 bits per heavy atom. The zero-order valence-corrected chi connectivity index (χ0v) is 11.6. The van der Waals surface area contributed by atoms with Crippen molar-refractivity contribution in [3.8, 4) is 6.07 Å². The highest BCUT2D eigenvalue weighted by molar-refractivity contribution is 5.90. The first kappa shape index (κ1) is 15.1. The van der Waals surface area contributed by atoms with E-state index >= 15 is 0 Å². The summed E-state index contributed by atoms with van der Waals surface area (Å²) in [5.74, 6) is -1.79. The number of carboxylic acid groups (broad SMARTS) is 1. The number of ether oxygens (including phenoxy) is 1. The van der Waals surface area contributed by atoms with Crippen molar-refractivity contribution in [2.75, 3.05) is 12.8 Å². The van der Waals surface area contributed by atoms with Crippen molar-refractivity contribution in [3.05, 3.63) is 46.6 Å². The van der Waals surface area contributed by atoms with Gasteiger partial charge in [0.05, 0.1) is 19.2 Å². The summed E-state index contributed by atoms with van der Waals surface area (Å²) in [6.45, 7) is 0.176. The van der Waals surface area contributed by atoms with E-state index in [0.717, 1.165) is 5.56 Å². The summed E-state index contributed by atoms with van der Waals surface area (Å²) in [5.41, 5.74) is 6.32. The number of carbonyl (C=O) groups is 2.